The Hall–Kier alpha value is -2.89. The van der Waals surface area contributed by atoms with Crippen molar-refractivity contribution in [1.82, 2.24) is 19.3 Å². The summed E-state index contributed by atoms with van der Waals surface area (Å²) in [7, 11) is 0. The molecule has 1 fully saturated rings. The Balaban J connectivity index is 1.57. The molecule has 1 N–H and O–H groups in total. The zero-order valence-electron chi connectivity index (χ0n) is 16.6. The lowest BCUT2D eigenvalue weighted by Crippen LogP contribution is -2.19. The molecule has 1 aliphatic rings. The third-order valence-electron chi connectivity index (χ3n) is 5.38. The van der Waals surface area contributed by atoms with E-state index in [4.69, 9.17) is 4.98 Å². The normalized spacial score (nSPS) is 14.5. The van der Waals surface area contributed by atoms with Crippen molar-refractivity contribution in [1.29, 1.82) is 0 Å². The number of rotatable bonds is 6. The average molecular weight is 377 g/mol. The Kier molecular flexibility index (Phi) is 5.28. The smallest absolute Gasteiger partial charge is 0.250 e. The van der Waals surface area contributed by atoms with E-state index in [1.54, 1.807) is 10.6 Å². The fourth-order valence-electron chi connectivity index (χ4n) is 3.90. The molecule has 3 aromatic heterocycles. The van der Waals surface area contributed by atoms with E-state index in [1.165, 1.54) is 25.7 Å². The van der Waals surface area contributed by atoms with Gasteiger partial charge in [-0.05, 0) is 44.4 Å². The zero-order chi connectivity index (χ0) is 19.5. The number of nitrogens with one attached hydrogen (secondary N) is 1. The van der Waals surface area contributed by atoms with Gasteiger partial charge in [-0.1, -0.05) is 19.8 Å². The van der Waals surface area contributed by atoms with E-state index < -0.39 is 0 Å². The number of nitrogens with zero attached hydrogens (tertiary/aromatic N) is 4. The van der Waals surface area contributed by atoms with Crippen LogP contribution in [0.25, 0.3) is 16.8 Å². The van der Waals surface area contributed by atoms with Crippen LogP contribution in [-0.2, 0) is 6.54 Å². The summed E-state index contributed by atoms with van der Waals surface area (Å²) in [6, 6.07) is 8.13. The van der Waals surface area contributed by atoms with E-state index in [0.29, 0.717) is 12.6 Å². The van der Waals surface area contributed by atoms with Gasteiger partial charge in [0.15, 0.2) is 0 Å². The molecule has 0 atom stereocenters. The van der Waals surface area contributed by atoms with Crippen molar-refractivity contribution in [2.75, 3.05) is 5.32 Å². The van der Waals surface area contributed by atoms with Gasteiger partial charge in [0.05, 0.1) is 11.9 Å². The fraction of sp³-hybridized carbons (Fsp3) is 0.409. The molecule has 3 heterocycles. The van der Waals surface area contributed by atoms with Crippen LogP contribution in [-0.4, -0.2) is 25.4 Å². The summed E-state index contributed by atoms with van der Waals surface area (Å²) in [6.07, 6.45) is 11.7. The molecule has 0 aliphatic heterocycles. The third-order valence-corrected chi connectivity index (χ3v) is 5.38. The van der Waals surface area contributed by atoms with E-state index in [2.05, 4.69) is 29.5 Å². The van der Waals surface area contributed by atoms with Gasteiger partial charge in [0, 0.05) is 47.9 Å². The maximum absolute atomic E-state index is 11.9. The first-order valence-corrected chi connectivity index (χ1v) is 10.1. The van der Waals surface area contributed by atoms with Crippen LogP contribution in [0.15, 0.2) is 47.7 Å². The topological polar surface area (TPSA) is 64.7 Å². The summed E-state index contributed by atoms with van der Waals surface area (Å²) in [4.78, 5) is 16.7. The predicted molar refractivity (Wildman–Crippen MR) is 112 cm³/mol. The number of pyridine rings is 2. The van der Waals surface area contributed by atoms with Gasteiger partial charge in [0.25, 0.3) is 5.56 Å². The van der Waals surface area contributed by atoms with Gasteiger partial charge >= 0.3 is 0 Å². The average Bonchev–Trinajstić information content (AvgIpc) is 3.36. The maximum atomic E-state index is 11.9. The van der Waals surface area contributed by atoms with Gasteiger partial charge in [-0.15, -0.1) is 0 Å². The number of hydrogen-bond donors (Lipinski definition) is 1. The first-order chi connectivity index (χ1) is 13.6. The summed E-state index contributed by atoms with van der Waals surface area (Å²) < 4.78 is 3.54. The molecular weight excluding hydrogens is 350 g/mol. The minimum atomic E-state index is 0.0170. The van der Waals surface area contributed by atoms with E-state index in [9.17, 15) is 4.79 Å². The van der Waals surface area contributed by atoms with Crippen LogP contribution in [0.4, 0.5) is 5.82 Å². The minimum absolute atomic E-state index is 0.0170. The molecule has 0 unspecified atom stereocenters. The van der Waals surface area contributed by atoms with Crippen LogP contribution in [0.3, 0.4) is 0 Å². The molecule has 6 heteroatoms. The van der Waals surface area contributed by atoms with Gasteiger partial charge < -0.3 is 9.88 Å². The maximum Gasteiger partial charge on any atom is 0.250 e. The highest BCUT2D eigenvalue weighted by atomic mass is 16.1. The Morgan fingerprint density at radius 2 is 1.96 bits per heavy atom. The fourth-order valence-corrected chi connectivity index (χ4v) is 3.90. The molecular formula is C22H27N5O. The zero-order valence-corrected chi connectivity index (χ0v) is 16.6. The Morgan fingerprint density at radius 3 is 2.71 bits per heavy atom. The monoisotopic (exact) mass is 377 g/mol. The molecule has 6 nitrogen and oxygen atoms in total. The van der Waals surface area contributed by atoms with Crippen molar-refractivity contribution in [2.45, 2.75) is 58.5 Å². The van der Waals surface area contributed by atoms with Crippen molar-refractivity contribution in [3.63, 3.8) is 0 Å². The van der Waals surface area contributed by atoms with E-state index >= 15 is 0 Å². The van der Waals surface area contributed by atoms with Crippen LogP contribution >= 0.6 is 0 Å². The van der Waals surface area contributed by atoms with Gasteiger partial charge in [-0.25, -0.2) is 9.67 Å². The quantitative estimate of drug-likeness (QED) is 0.700. The molecule has 0 bridgehead atoms. The molecule has 0 aromatic carbocycles. The predicted octanol–water partition coefficient (Wildman–Crippen LogP) is 4.17. The molecule has 0 amide bonds. The van der Waals surface area contributed by atoms with E-state index in [1.807, 2.05) is 36.3 Å². The summed E-state index contributed by atoms with van der Waals surface area (Å²) >= 11 is 0. The standard InChI is InChI=1S/C22H27N5O/c1-3-12-26-15-19(8-11-22(26)28)27-14-17(13-23-27)20-9-10-21(24-16(20)2)25-18-6-4-5-7-18/h8-11,13-15,18H,3-7,12H2,1-2H3,(H,24,25). The molecule has 28 heavy (non-hydrogen) atoms. The highest BCUT2D eigenvalue weighted by molar-refractivity contribution is 5.66. The van der Waals surface area contributed by atoms with Gasteiger partial charge in [-0.3, -0.25) is 4.79 Å². The van der Waals surface area contributed by atoms with E-state index in [0.717, 1.165) is 34.7 Å². The molecule has 1 saturated carbocycles. The second kappa shape index (κ2) is 8.00. The molecule has 0 saturated heterocycles. The van der Waals surface area contributed by atoms with Crippen molar-refractivity contribution in [2.24, 2.45) is 0 Å². The Morgan fingerprint density at radius 1 is 1.14 bits per heavy atom. The number of aryl methyl sites for hydroxylation is 2. The van der Waals surface area contributed by atoms with Gasteiger partial charge in [0.1, 0.15) is 5.82 Å². The summed E-state index contributed by atoms with van der Waals surface area (Å²) in [6.45, 7) is 4.80. The van der Waals surface area contributed by atoms with Crippen molar-refractivity contribution in [3.8, 4) is 16.8 Å². The van der Waals surface area contributed by atoms with Crippen LogP contribution < -0.4 is 10.9 Å². The van der Waals surface area contributed by atoms with Gasteiger partial charge in [0.2, 0.25) is 0 Å². The SMILES string of the molecule is CCCn1cc(-n2cc(-c3ccc(NC4CCCC4)nc3C)cn2)ccc1=O. The summed E-state index contributed by atoms with van der Waals surface area (Å²) in [5.74, 6) is 0.951. The van der Waals surface area contributed by atoms with Crippen LogP contribution in [0, 0.1) is 6.92 Å². The number of aromatic nitrogens is 4. The number of hydrogen-bond acceptors (Lipinski definition) is 4. The third kappa shape index (κ3) is 3.86. The first-order valence-electron chi connectivity index (χ1n) is 10.1. The second-order valence-electron chi connectivity index (χ2n) is 7.55. The van der Waals surface area contributed by atoms with Crippen molar-refractivity contribution >= 4 is 5.82 Å². The molecule has 3 aromatic rings. The molecule has 1 aliphatic carbocycles. The number of anilines is 1. The molecule has 4 rings (SSSR count). The molecule has 146 valence electrons. The van der Waals surface area contributed by atoms with Gasteiger partial charge in [-0.2, -0.15) is 5.10 Å². The first kappa shape index (κ1) is 18.5. The van der Waals surface area contributed by atoms with Crippen molar-refractivity contribution in [3.05, 3.63) is 58.9 Å². The van der Waals surface area contributed by atoms with Crippen LogP contribution in [0.2, 0.25) is 0 Å². The lowest BCUT2D eigenvalue weighted by Gasteiger charge is -2.14. The minimum Gasteiger partial charge on any atom is -0.367 e. The summed E-state index contributed by atoms with van der Waals surface area (Å²) in [5, 5.41) is 8.05. The van der Waals surface area contributed by atoms with Crippen LogP contribution in [0.5, 0.6) is 0 Å². The largest absolute Gasteiger partial charge is 0.367 e. The molecule has 0 radical (unpaired) electrons. The van der Waals surface area contributed by atoms with E-state index in [-0.39, 0.29) is 5.56 Å². The Bertz CT molecular complexity index is 1010. The highest BCUT2D eigenvalue weighted by Gasteiger charge is 2.15. The van der Waals surface area contributed by atoms with Crippen molar-refractivity contribution < 1.29 is 0 Å². The second-order valence-corrected chi connectivity index (χ2v) is 7.55. The summed E-state index contributed by atoms with van der Waals surface area (Å²) in [5.41, 5.74) is 3.97. The molecule has 0 spiro atoms. The lowest BCUT2D eigenvalue weighted by atomic mass is 10.1. The highest BCUT2D eigenvalue weighted by Crippen LogP contribution is 2.26. The van der Waals surface area contributed by atoms with Crippen LogP contribution in [0.1, 0.15) is 44.7 Å². The lowest BCUT2D eigenvalue weighted by molar-refractivity contribution is 0.648. The Labute approximate surface area is 165 Å².